The molecule has 1 atom stereocenters. The Morgan fingerprint density at radius 3 is 2.26 bits per heavy atom. The molecule has 3 aromatic rings. The predicted molar refractivity (Wildman–Crippen MR) is 175 cm³/mol. The number of benzene rings is 3. The number of anilines is 1. The lowest BCUT2D eigenvalue weighted by Gasteiger charge is -2.35. The lowest BCUT2D eigenvalue weighted by molar-refractivity contribution is -0.140. The SMILES string of the molecule is Cc1ccc(C)c(N(CC(=O)N(Cc2cccc(Br)c2)C(Cc2ccccc2)C(=O)NC2CCCC2)S(=O)(=O)N(C)C)c1. The molecule has 2 amide bonds. The van der Waals surface area contributed by atoms with Crippen molar-refractivity contribution < 1.29 is 18.0 Å². The van der Waals surface area contributed by atoms with Crippen molar-refractivity contribution in [2.75, 3.05) is 24.9 Å². The number of hydrogen-bond acceptors (Lipinski definition) is 4. The Balaban J connectivity index is 1.78. The van der Waals surface area contributed by atoms with Crippen LogP contribution in [0.2, 0.25) is 0 Å². The second kappa shape index (κ2) is 14.5. The van der Waals surface area contributed by atoms with E-state index in [1.165, 1.54) is 14.1 Å². The lowest BCUT2D eigenvalue weighted by atomic mass is 10.0. The zero-order valence-electron chi connectivity index (χ0n) is 25.3. The van der Waals surface area contributed by atoms with Crippen LogP contribution in [0.15, 0.2) is 77.3 Å². The lowest BCUT2D eigenvalue weighted by Crippen LogP contribution is -2.55. The van der Waals surface area contributed by atoms with Gasteiger partial charge in [-0.3, -0.25) is 9.59 Å². The number of carbonyl (C=O) groups excluding carboxylic acids is 2. The first kappa shape index (κ1) is 32.7. The minimum Gasteiger partial charge on any atom is -0.352 e. The van der Waals surface area contributed by atoms with E-state index in [1.54, 1.807) is 11.0 Å². The van der Waals surface area contributed by atoms with Crippen LogP contribution in [0.4, 0.5) is 5.69 Å². The normalized spacial score (nSPS) is 14.5. The van der Waals surface area contributed by atoms with Crippen molar-refractivity contribution in [3.05, 3.63) is 99.5 Å². The van der Waals surface area contributed by atoms with Crippen LogP contribution in [0.1, 0.15) is 47.9 Å². The maximum Gasteiger partial charge on any atom is 0.304 e. The number of nitrogens with one attached hydrogen (secondary N) is 1. The van der Waals surface area contributed by atoms with Crippen LogP contribution in [0.3, 0.4) is 0 Å². The molecule has 10 heteroatoms. The molecule has 1 saturated carbocycles. The van der Waals surface area contributed by atoms with Crippen molar-refractivity contribution in [3.63, 3.8) is 0 Å². The van der Waals surface area contributed by atoms with Gasteiger partial charge in [-0.15, -0.1) is 0 Å². The van der Waals surface area contributed by atoms with Crippen LogP contribution in [0.25, 0.3) is 0 Å². The molecular weight excluding hydrogens is 628 g/mol. The van der Waals surface area contributed by atoms with Crippen LogP contribution < -0.4 is 9.62 Å². The number of amides is 2. The summed E-state index contributed by atoms with van der Waals surface area (Å²) in [6.45, 7) is 3.38. The molecule has 0 aromatic heterocycles. The Kier molecular flexibility index (Phi) is 11.0. The number of rotatable bonds is 12. The molecule has 1 aliphatic rings. The molecule has 43 heavy (non-hydrogen) atoms. The van der Waals surface area contributed by atoms with E-state index in [1.807, 2.05) is 80.6 Å². The van der Waals surface area contributed by atoms with Crippen LogP contribution >= 0.6 is 15.9 Å². The van der Waals surface area contributed by atoms with E-state index >= 15 is 0 Å². The molecule has 4 rings (SSSR count). The van der Waals surface area contributed by atoms with Crippen LogP contribution in [-0.4, -0.2) is 62.2 Å². The van der Waals surface area contributed by atoms with Crippen molar-refractivity contribution in [2.45, 2.75) is 64.6 Å². The fourth-order valence-corrected chi connectivity index (χ4v) is 7.00. The topological polar surface area (TPSA) is 90.0 Å². The molecule has 0 radical (unpaired) electrons. The van der Waals surface area contributed by atoms with Gasteiger partial charge in [0.2, 0.25) is 11.8 Å². The standard InChI is InChI=1S/C33H41BrN4O4S/c1-24-17-18-25(2)30(19-24)38(43(41,42)36(3)4)23-32(39)37(22-27-13-10-14-28(34)20-27)31(21-26-11-6-5-7-12-26)33(40)35-29-15-8-9-16-29/h5-7,10-14,17-20,29,31H,8-9,15-16,21-23H2,1-4H3,(H,35,40). The van der Waals surface area contributed by atoms with E-state index in [0.29, 0.717) is 12.1 Å². The van der Waals surface area contributed by atoms with Gasteiger partial charge in [0.05, 0.1) is 5.69 Å². The van der Waals surface area contributed by atoms with Gasteiger partial charge in [-0.1, -0.05) is 83.4 Å². The molecule has 0 heterocycles. The molecule has 0 aliphatic heterocycles. The Hall–Kier alpha value is -3.21. The summed E-state index contributed by atoms with van der Waals surface area (Å²) in [6.07, 6.45) is 4.23. The second-order valence-electron chi connectivity index (χ2n) is 11.4. The summed E-state index contributed by atoms with van der Waals surface area (Å²) >= 11 is 3.52. The molecule has 0 saturated heterocycles. The maximum absolute atomic E-state index is 14.5. The van der Waals surface area contributed by atoms with Crippen LogP contribution in [-0.2, 0) is 32.8 Å². The average molecular weight is 670 g/mol. The quantitative estimate of drug-likeness (QED) is 0.281. The van der Waals surface area contributed by atoms with E-state index < -0.39 is 28.7 Å². The fourth-order valence-electron chi connectivity index (χ4n) is 5.44. The third kappa shape index (κ3) is 8.46. The predicted octanol–water partition coefficient (Wildman–Crippen LogP) is 5.38. The van der Waals surface area contributed by atoms with Crippen molar-refractivity contribution in [3.8, 4) is 0 Å². The van der Waals surface area contributed by atoms with Gasteiger partial charge in [0.1, 0.15) is 12.6 Å². The second-order valence-corrected chi connectivity index (χ2v) is 14.4. The minimum absolute atomic E-state index is 0.0640. The Bertz CT molecular complexity index is 1520. The Labute approximate surface area is 264 Å². The van der Waals surface area contributed by atoms with Gasteiger partial charge in [-0.05, 0) is 67.1 Å². The highest BCUT2D eigenvalue weighted by Crippen LogP contribution is 2.27. The first-order valence-electron chi connectivity index (χ1n) is 14.6. The van der Waals surface area contributed by atoms with Gasteiger partial charge in [0, 0.05) is 37.6 Å². The molecule has 230 valence electrons. The van der Waals surface area contributed by atoms with Crippen LogP contribution in [0.5, 0.6) is 0 Å². The summed E-state index contributed by atoms with van der Waals surface area (Å²) in [5.41, 5.74) is 3.76. The number of hydrogen-bond donors (Lipinski definition) is 1. The zero-order valence-corrected chi connectivity index (χ0v) is 27.7. The smallest absolute Gasteiger partial charge is 0.304 e. The van der Waals surface area contributed by atoms with E-state index in [-0.39, 0.29) is 18.5 Å². The van der Waals surface area contributed by atoms with Gasteiger partial charge in [-0.2, -0.15) is 12.7 Å². The Morgan fingerprint density at radius 2 is 1.60 bits per heavy atom. The van der Waals surface area contributed by atoms with Gasteiger partial charge >= 0.3 is 10.2 Å². The van der Waals surface area contributed by atoms with Crippen molar-refractivity contribution in [2.24, 2.45) is 0 Å². The summed E-state index contributed by atoms with van der Waals surface area (Å²) in [7, 11) is -1.15. The summed E-state index contributed by atoms with van der Waals surface area (Å²) < 4.78 is 30.5. The van der Waals surface area contributed by atoms with Gasteiger partial charge < -0.3 is 10.2 Å². The fraction of sp³-hybridized carbons (Fsp3) is 0.394. The third-order valence-corrected chi connectivity index (χ3v) is 10.2. The average Bonchev–Trinajstić information content (AvgIpc) is 3.48. The summed E-state index contributed by atoms with van der Waals surface area (Å²) in [5, 5.41) is 3.20. The van der Waals surface area contributed by atoms with Crippen molar-refractivity contribution in [1.82, 2.24) is 14.5 Å². The highest BCUT2D eigenvalue weighted by atomic mass is 79.9. The molecule has 0 spiro atoms. The van der Waals surface area contributed by atoms with Gasteiger partial charge in [0.15, 0.2) is 0 Å². The first-order valence-corrected chi connectivity index (χ1v) is 16.8. The molecule has 1 unspecified atom stereocenters. The Morgan fingerprint density at radius 1 is 0.930 bits per heavy atom. The van der Waals surface area contributed by atoms with Crippen molar-refractivity contribution >= 4 is 43.6 Å². The number of halogens is 1. The molecule has 1 fully saturated rings. The summed E-state index contributed by atoms with van der Waals surface area (Å²) in [4.78, 5) is 30.0. The van der Waals surface area contributed by atoms with Crippen molar-refractivity contribution in [1.29, 1.82) is 0 Å². The summed E-state index contributed by atoms with van der Waals surface area (Å²) in [6, 6.07) is 21.9. The van der Waals surface area contributed by atoms with E-state index in [9.17, 15) is 18.0 Å². The van der Waals surface area contributed by atoms with Gasteiger partial charge in [-0.25, -0.2) is 4.31 Å². The number of carbonyl (C=O) groups is 2. The maximum atomic E-state index is 14.5. The van der Waals surface area contributed by atoms with Crippen LogP contribution in [0, 0.1) is 13.8 Å². The highest BCUT2D eigenvalue weighted by molar-refractivity contribution is 9.10. The number of aryl methyl sites for hydroxylation is 2. The van der Waals surface area contributed by atoms with E-state index in [0.717, 1.165) is 61.0 Å². The van der Waals surface area contributed by atoms with Gasteiger partial charge in [0.25, 0.3) is 0 Å². The molecule has 1 N–H and O–H groups in total. The third-order valence-electron chi connectivity index (χ3n) is 7.87. The minimum atomic E-state index is -4.05. The van der Waals surface area contributed by atoms with E-state index in [2.05, 4.69) is 21.2 Å². The molecular formula is C33H41BrN4O4S. The molecule has 0 bridgehead atoms. The number of nitrogens with zero attached hydrogens (tertiary/aromatic N) is 3. The monoisotopic (exact) mass is 668 g/mol. The first-order chi connectivity index (χ1) is 20.5. The largest absolute Gasteiger partial charge is 0.352 e. The zero-order chi connectivity index (χ0) is 31.1. The molecule has 3 aromatic carbocycles. The highest BCUT2D eigenvalue weighted by Gasteiger charge is 2.36. The summed E-state index contributed by atoms with van der Waals surface area (Å²) in [5.74, 6) is -0.693. The van der Waals surface area contributed by atoms with E-state index in [4.69, 9.17) is 0 Å². The molecule has 1 aliphatic carbocycles. The molecule has 8 nitrogen and oxygen atoms in total.